The number of hydrogen-bond acceptors (Lipinski definition) is 4. The van der Waals surface area contributed by atoms with Crippen molar-refractivity contribution in [3.05, 3.63) is 53.9 Å². The molecule has 0 saturated carbocycles. The number of rotatable bonds is 5. The van der Waals surface area contributed by atoms with Crippen molar-refractivity contribution in [3.63, 3.8) is 0 Å². The van der Waals surface area contributed by atoms with Gasteiger partial charge in [-0.15, -0.1) is 0 Å². The van der Waals surface area contributed by atoms with Gasteiger partial charge in [0.2, 0.25) is 0 Å². The molecule has 128 valence electrons. The molecule has 3 rings (SSSR count). The van der Waals surface area contributed by atoms with E-state index in [1.54, 1.807) is 25.2 Å². The molecule has 2 aromatic rings. The van der Waals surface area contributed by atoms with Gasteiger partial charge in [-0.3, -0.25) is 14.4 Å². The SMILES string of the molecule is CN(C)C(=O)c1cccc(CN2CCO[C@@H](Cn3cccn3)C2)c1. The number of aromatic nitrogens is 2. The Kier molecular flexibility index (Phi) is 5.27. The van der Waals surface area contributed by atoms with Gasteiger partial charge in [-0.1, -0.05) is 12.1 Å². The van der Waals surface area contributed by atoms with Gasteiger partial charge in [0.1, 0.15) is 0 Å². The maximum atomic E-state index is 12.1. The Morgan fingerprint density at radius 3 is 3.00 bits per heavy atom. The molecule has 6 nitrogen and oxygen atoms in total. The van der Waals surface area contributed by atoms with Gasteiger partial charge in [-0.05, 0) is 23.8 Å². The van der Waals surface area contributed by atoms with Gasteiger partial charge in [0.15, 0.2) is 0 Å². The van der Waals surface area contributed by atoms with Gasteiger partial charge in [0.05, 0.1) is 19.3 Å². The van der Waals surface area contributed by atoms with Crippen LogP contribution in [0.25, 0.3) is 0 Å². The standard InChI is InChI=1S/C18H24N4O2/c1-20(2)18(23)16-6-3-5-15(11-16)12-21-9-10-24-17(13-21)14-22-8-4-7-19-22/h3-8,11,17H,9-10,12-14H2,1-2H3/t17-/m1/s1. The molecule has 1 aliphatic rings. The van der Waals surface area contributed by atoms with Crippen LogP contribution in [0.4, 0.5) is 0 Å². The monoisotopic (exact) mass is 328 g/mol. The van der Waals surface area contributed by atoms with E-state index in [4.69, 9.17) is 4.74 Å². The van der Waals surface area contributed by atoms with Crippen LogP contribution in [-0.4, -0.2) is 65.4 Å². The van der Waals surface area contributed by atoms with E-state index in [1.807, 2.05) is 35.1 Å². The van der Waals surface area contributed by atoms with Gasteiger partial charge >= 0.3 is 0 Å². The molecule has 6 heteroatoms. The molecule has 0 N–H and O–H groups in total. The van der Waals surface area contributed by atoms with Gasteiger partial charge in [0, 0.05) is 51.7 Å². The maximum absolute atomic E-state index is 12.1. The number of carbonyl (C=O) groups excluding carboxylic acids is 1. The molecule has 1 fully saturated rings. The molecule has 0 aliphatic carbocycles. The number of benzene rings is 1. The second-order valence-corrected chi connectivity index (χ2v) is 6.36. The van der Waals surface area contributed by atoms with Crippen LogP contribution in [0.15, 0.2) is 42.7 Å². The predicted octanol–water partition coefficient (Wildman–Crippen LogP) is 1.49. The molecule has 1 saturated heterocycles. The fourth-order valence-corrected chi connectivity index (χ4v) is 2.97. The summed E-state index contributed by atoms with van der Waals surface area (Å²) in [5.41, 5.74) is 1.89. The van der Waals surface area contributed by atoms with Gasteiger partial charge in [-0.25, -0.2) is 0 Å². The molecule has 2 heterocycles. The number of morpholine rings is 1. The van der Waals surface area contributed by atoms with Crippen molar-refractivity contribution >= 4 is 5.91 Å². The van der Waals surface area contributed by atoms with Crippen molar-refractivity contribution in [2.75, 3.05) is 33.8 Å². The maximum Gasteiger partial charge on any atom is 0.253 e. The number of amides is 1. The predicted molar refractivity (Wildman–Crippen MR) is 91.7 cm³/mol. The van der Waals surface area contributed by atoms with Gasteiger partial charge in [0.25, 0.3) is 5.91 Å². The molecule has 1 atom stereocenters. The number of hydrogen-bond donors (Lipinski definition) is 0. The van der Waals surface area contributed by atoms with Crippen molar-refractivity contribution in [2.45, 2.75) is 19.2 Å². The normalized spacial score (nSPS) is 18.5. The Hall–Kier alpha value is -2.18. The highest BCUT2D eigenvalue weighted by molar-refractivity contribution is 5.94. The Bertz CT molecular complexity index is 669. The molecule has 1 aliphatic heterocycles. The van der Waals surface area contributed by atoms with Crippen molar-refractivity contribution in [2.24, 2.45) is 0 Å². The third kappa shape index (κ3) is 4.21. The Morgan fingerprint density at radius 1 is 1.38 bits per heavy atom. The summed E-state index contributed by atoms with van der Waals surface area (Å²) < 4.78 is 7.76. The van der Waals surface area contributed by atoms with Crippen LogP contribution in [-0.2, 0) is 17.8 Å². The second kappa shape index (κ2) is 7.59. The van der Waals surface area contributed by atoms with Crippen LogP contribution in [0.1, 0.15) is 15.9 Å². The van der Waals surface area contributed by atoms with E-state index >= 15 is 0 Å². The van der Waals surface area contributed by atoms with E-state index in [0.29, 0.717) is 0 Å². The Labute approximate surface area is 142 Å². The van der Waals surface area contributed by atoms with Crippen molar-refractivity contribution in [1.82, 2.24) is 19.6 Å². The van der Waals surface area contributed by atoms with Crippen LogP contribution in [0.2, 0.25) is 0 Å². The van der Waals surface area contributed by atoms with E-state index < -0.39 is 0 Å². The summed E-state index contributed by atoms with van der Waals surface area (Å²) in [5.74, 6) is 0.0374. The molecular formula is C18H24N4O2. The summed E-state index contributed by atoms with van der Waals surface area (Å²) in [4.78, 5) is 16.1. The van der Waals surface area contributed by atoms with Gasteiger partial charge in [-0.2, -0.15) is 5.10 Å². The third-order valence-corrected chi connectivity index (χ3v) is 4.16. The Morgan fingerprint density at radius 2 is 2.25 bits per heavy atom. The zero-order valence-electron chi connectivity index (χ0n) is 14.3. The highest BCUT2D eigenvalue weighted by Gasteiger charge is 2.21. The summed E-state index contributed by atoms with van der Waals surface area (Å²) in [7, 11) is 3.55. The highest BCUT2D eigenvalue weighted by atomic mass is 16.5. The molecule has 1 aromatic heterocycles. The minimum atomic E-state index is 0.0374. The highest BCUT2D eigenvalue weighted by Crippen LogP contribution is 2.14. The lowest BCUT2D eigenvalue weighted by atomic mass is 10.1. The zero-order valence-corrected chi connectivity index (χ0v) is 14.3. The summed E-state index contributed by atoms with van der Waals surface area (Å²) in [6.07, 6.45) is 3.89. The lowest BCUT2D eigenvalue weighted by Crippen LogP contribution is -2.43. The van der Waals surface area contributed by atoms with Crippen LogP contribution < -0.4 is 0 Å². The lowest BCUT2D eigenvalue weighted by Gasteiger charge is -2.33. The first kappa shape index (κ1) is 16.7. The molecule has 1 amide bonds. The molecule has 0 radical (unpaired) electrons. The van der Waals surface area contributed by atoms with E-state index in [2.05, 4.69) is 16.1 Å². The fraction of sp³-hybridized carbons (Fsp3) is 0.444. The number of carbonyl (C=O) groups is 1. The summed E-state index contributed by atoms with van der Waals surface area (Å²) in [6.45, 7) is 4.09. The van der Waals surface area contributed by atoms with Crippen LogP contribution in [0.5, 0.6) is 0 Å². The minimum Gasteiger partial charge on any atom is -0.374 e. The number of nitrogens with zero attached hydrogens (tertiary/aromatic N) is 4. The molecule has 0 spiro atoms. The third-order valence-electron chi connectivity index (χ3n) is 4.16. The molecule has 0 unspecified atom stereocenters. The first-order valence-corrected chi connectivity index (χ1v) is 8.24. The molecule has 1 aromatic carbocycles. The van der Waals surface area contributed by atoms with Crippen molar-refractivity contribution < 1.29 is 9.53 Å². The second-order valence-electron chi connectivity index (χ2n) is 6.36. The summed E-state index contributed by atoms with van der Waals surface area (Å²) >= 11 is 0. The average Bonchev–Trinajstić information content (AvgIpc) is 3.07. The zero-order chi connectivity index (χ0) is 16.9. The first-order valence-electron chi connectivity index (χ1n) is 8.24. The molecular weight excluding hydrogens is 304 g/mol. The topological polar surface area (TPSA) is 50.6 Å². The van der Waals surface area contributed by atoms with Crippen LogP contribution in [0.3, 0.4) is 0 Å². The quantitative estimate of drug-likeness (QED) is 0.834. The summed E-state index contributed by atoms with van der Waals surface area (Å²) in [6, 6.07) is 9.80. The largest absolute Gasteiger partial charge is 0.374 e. The molecule has 24 heavy (non-hydrogen) atoms. The summed E-state index contributed by atoms with van der Waals surface area (Å²) in [5, 5.41) is 4.24. The van der Waals surface area contributed by atoms with Crippen LogP contribution in [0, 0.1) is 0 Å². The van der Waals surface area contributed by atoms with E-state index in [9.17, 15) is 4.79 Å². The smallest absolute Gasteiger partial charge is 0.253 e. The Balaban J connectivity index is 1.61. The molecule has 0 bridgehead atoms. The lowest BCUT2D eigenvalue weighted by molar-refractivity contribution is -0.0402. The number of ether oxygens (including phenoxy) is 1. The van der Waals surface area contributed by atoms with Crippen molar-refractivity contribution in [1.29, 1.82) is 0 Å². The van der Waals surface area contributed by atoms with Crippen molar-refractivity contribution in [3.8, 4) is 0 Å². The van der Waals surface area contributed by atoms with Gasteiger partial charge < -0.3 is 9.64 Å². The van der Waals surface area contributed by atoms with E-state index in [1.165, 1.54) is 0 Å². The fourth-order valence-electron chi connectivity index (χ4n) is 2.97. The van der Waals surface area contributed by atoms with Crippen LogP contribution >= 0.6 is 0 Å². The first-order chi connectivity index (χ1) is 11.6. The average molecular weight is 328 g/mol. The van der Waals surface area contributed by atoms with E-state index in [-0.39, 0.29) is 12.0 Å². The minimum absolute atomic E-state index is 0.0374. The van der Waals surface area contributed by atoms with E-state index in [0.717, 1.165) is 43.9 Å².